The van der Waals surface area contributed by atoms with Gasteiger partial charge in [0, 0.05) is 12.6 Å². The van der Waals surface area contributed by atoms with Crippen molar-refractivity contribution in [2.24, 2.45) is 0 Å². The molecule has 4 heteroatoms. The first-order valence-electron chi connectivity index (χ1n) is 6.22. The number of hydrogen-bond donors (Lipinski definition) is 1. The van der Waals surface area contributed by atoms with Gasteiger partial charge in [0.2, 0.25) is 5.91 Å². The minimum atomic E-state index is -0.0141. The van der Waals surface area contributed by atoms with Crippen LogP contribution in [0.1, 0.15) is 33.6 Å². The van der Waals surface area contributed by atoms with E-state index in [1.54, 1.807) is 0 Å². The van der Waals surface area contributed by atoms with Crippen molar-refractivity contribution >= 4 is 5.91 Å². The molecule has 1 amide bonds. The van der Waals surface area contributed by atoms with Gasteiger partial charge in [-0.15, -0.1) is 0 Å². The Balaban J connectivity index is 2.10. The summed E-state index contributed by atoms with van der Waals surface area (Å²) in [4.78, 5) is 13.8. The predicted octanol–water partition coefficient (Wildman–Crippen LogP) is 1.01. The zero-order chi connectivity index (χ0) is 12.0. The highest BCUT2D eigenvalue weighted by atomic mass is 16.5. The van der Waals surface area contributed by atoms with Crippen molar-refractivity contribution < 1.29 is 9.53 Å². The fourth-order valence-electron chi connectivity index (χ4n) is 1.87. The lowest BCUT2D eigenvalue weighted by atomic mass is 10.3. The largest absolute Gasteiger partial charge is 0.369 e. The zero-order valence-electron chi connectivity index (χ0n) is 10.7. The minimum Gasteiger partial charge on any atom is -0.369 e. The smallest absolute Gasteiger partial charge is 0.246 e. The molecule has 0 radical (unpaired) electrons. The van der Waals surface area contributed by atoms with Crippen LogP contribution in [0.4, 0.5) is 0 Å². The van der Waals surface area contributed by atoms with E-state index in [0.29, 0.717) is 6.04 Å². The van der Waals surface area contributed by atoms with Gasteiger partial charge in [-0.2, -0.15) is 0 Å². The number of likely N-dealkylation sites (tertiary alicyclic amines) is 1. The van der Waals surface area contributed by atoms with E-state index < -0.39 is 0 Å². The number of ether oxygens (including phenoxy) is 1. The maximum Gasteiger partial charge on any atom is 0.246 e. The molecule has 1 heterocycles. The van der Waals surface area contributed by atoms with E-state index in [2.05, 4.69) is 17.1 Å². The highest BCUT2D eigenvalue weighted by Gasteiger charge is 2.18. The standard InChI is InChI=1S/C12H24N2O2/c1-10(2)16-9-12(15)13-8-11(3)14-6-4-5-7-14/h10-11H,4-9H2,1-3H3,(H,13,15). The van der Waals surface area contributed by atoms with Crippen molar-refractivity contribution in [1.29, 1.82) is 0 Å². The summed E-state index contributed by atoms with van der Waals surface area (Å²) in [6.45, 7) is 9.25. The number of nitrogens with zero attached hydrogens (tertiary/aromatic N) is 1. The van der Waals surface area contributed by atoms with Gasteiger partial charge in [0.25, 0.3) is 0 Å². The number of hydrogen-bond acceptors (Lipinski definition) is 3. The maximum atomic E-state index is 11.4. The van der Waals surface area contributed by atoms with Crippen LogP contribution in [-0.2, 0) is 9.53 Å². The molecule has 1 N–H and O–H groups in total. The molecule has 94 valence electrons. The summed E-state index contributed by atoms with van der Waals surface area (Å²) in [5, 5.41) is 2.91. The molecule has 0 aromatic rings. The van der Waals surface area contributed by atoms with Gasteiger partial charge in [0.15, 0.2) is 0 Å². The van der Waals surface area contributed by atoms with Crippen LogP contribution < -0.4 is 5.32 Å². The Morgan fingerprint density at radius 3 is 2.50 bits per heavy atom. The van der Waals surface area contributed by atoms with Crippen molar-refractivity contribution in [3.8, 4) is 0 Å². The highest BCUT2D eigenvalue weighted by molar-refractivity contribution is 5.77. The maximum absolute atomic E-state index is 11.4. The molecule has 1 saturated heterocycles. The molecule has 1 aliphatic rings. The third-order valence-electron chi connectivity index (χ3n) is 2.91. The molecule has 1 unspecified atom stereocenters. The summed E-state index contributed by atoms with van der Waals surface area (Å²) in [5.74, 6) is -0.0141. The van der Waals surface area contributed by atoms with Crippen molar-refractivity contribution in [3.63, 3.8) is 0 Å². The molecule has 0 aliphatic carbocycles. The number of nitrogens with one attached hydrogen (secondary N) is 1. The normalized spacial score (nSPS) is 19.0. The van der Waals surface area contributed by atoms with Gasteiger partial charge in [0.05, 0.1) is 6.10 Å². The average Bonchev–Trinajstić information content (AvgIpc) is 2.76. The van der Waals surface area contributed by atoms with Crippen LogP contribution in [0.15, 0.2) is 0 Å². The molecule has 0 aromatic carbocycles. The van der Waals surface area contributed by atoms with E-state index in [0.717, 1.165) is 6.54 Å². The zero-order valence-corrected chi connectivity index (χ0v) is 10.7. The topological polar surface area (TPSA) is 41.6 Å². The SMILES string of the molecule is CC(C)OCC(=O)NCC(C)N1CCCC1. The van der Waals surface area contributed by atoms with Crippen molar-refractivity contribution in [3.05, 3.63) is 0 Å². The van der Waals surface area contributed by atoms with Gasteiger partial charge in [-0.05, 0) is 46.7 Å². The average molecular weight is 228 g/mol. The van der Waals surface area contributed by atoms with Gasteiger partial charge in [-0.3, -0.25) is 9.69 Å². The number of amides is 1. The lowest BCUT2D eigenvalue weighted by Gasteiger charge is -2.23. The molecule has 1 rings (SSSR count). The first kappa shape index (κ1) is 13.5. The molecule has 0 bridgehead atoms. The van der Waals surface area contributed by atoms with Gasteiger partial charge in [-0.25, -0.2) is 0 Å². The van der Waals surface area contributed by atoms with Crippen molar-refractivity contribution in [2.45, 2.75) is 45.8 Å². The van der Waals surface area contributed by atoms with Gasteiger partial charge in [0.1, 0.15) is 6.61 Å². The summed E-state index contributed by atoms with van der Waals surface area (Å²) in [7, 11) is 0. The predicted molar refractivity (Wildman–Crippen MR) is 64.4 cm³/mol. The lowest BCUT2D eigenvalue weighted by molar-refractivity contribution is -0.127. The quantitative estimate of drug-likeness (QED) is 0.738. The van der Waals surface area contributed by atoms with Crippen molar-refractivity contribution in [2.75, 3.05) is 26.2 Å². The molecule has 1 aliphatic heterocycles. The van der Waals surface area contributed by atoms with E-state index in [4.69, 9.17) is 4.74 Å². The van der Waals surface area contributed by atoms with Crippen LogP contribution >= 0.6 is 0 Å². The van der Waals surface area contributed by atoms with E-state index in [9.17, 15) is 4.79 Å². The van der Waals surface area contributed by atoms with Gasteiger partial charge in [-0.1, -0.05) is 0 Å². The van der Waals surface area contributed by atoms with E-state index in [1.807, 2.05) is 13.8 Å². The van der Waals surface area contributed by atoms with Crippen LogP contribution in [0.3, 0.4) is 0 Å². The van der Waals surface area contributed by atoms with E-state index >= 15 is 0 Å². The Hall–Kier alpha value is -0.610. The van der Waals surface area contributed by atoms with Gasteiger partial charge < -0.3 is 10.1 Å². The molecular weight excluding hydrogens is 204 g/mol. The molecule has 4 nitrogen and oxygen atoms in total. The second-order valence-electron chi connectivity index (χ2n) is 4.76. The monoisotopic (exact) mass is 228 g/mol. The third kappa shape index (κ3) is 4.94. The number of carbonyl (C=O) groups excluding carboxylic acids is 1. The second kappa shape index (κ2) is 6.86. The molecule has 1 atom stereocenters. The number of rotatable bonds is 6. The van der Waals surface area contributed by atoms with Crippen molar-refractivity contribution in [1.82, 2.24) is 10.2 Å². The first-order chi connectivity index (χ1) is 7.59. The second-order valence-corrected chi connectivity index (χ2v) is 4.76. The Kier molecular flexibility index (Phi) is 5.77. The molecule has 0 aromatic heterocycles. The van der Waals surface area contributed by atoms with Gasteiger partial charge >= 0.3 is 0 Å². The van der Waals surface area contributed by atoms with E-state index in [1.165, 1.54) is 25.9 Å². The van der Waals surface area contributed by atoms with Crippen LogP contribution in [0, 0.1) is 0 Å². The Morgan fingerprint density at radius 2 is 1.94 bits per heavy atom. The molecule has 1 fully saturated rings. The summed E-state index contributed by atoms with van der Waals surface area (Å²) >= 11 is 0. The lowest BCUT2D eigenvalue weighted by Crippen LogP contribution is -2.41. The summed E-state index contributed by atoms with van der Waals surface area (Å²) in [5.41, 5.74) is 0. The van der Waals surface area contributed by atoms with Crippen LogP contribution in [0.5, 0.6) is 0 Å². The molecular formula is C12H24N2O2. The first-order valence-corrected chi connectivity index (χ1v) is 6.22. The Labute approximate surface area is 98.3 Å². The Morgan fingerprint density at radius 1 is 1.31 bits per heavy atom. The fourth-order valence-corrected chi connectivity index (χ4v) is 1.87. The molecule has 16 heavy (non-hydrogen) atoms. The van der Waals surface area contributed by atoms with E-state index in [-0.39, 0.29) is 18.6 Å². The van der Waals surface area contributed by atoms with Crippen LogP contribution in [0.2, 0.25) is 0 Å². The molecule has 0 saturated carbocycles. The summed E-state index contributed by atoms with van der Waals surface area (Å²) in [6.07, 6.45) is 2.69. The molecule has 0 spiro atoms. The highest BCUT2D eigenvalue weighted by Crippen LogP contribution is 2.10. The fraction of sp³-hybridized carbons (Fsp3) is 0.917. The Bertz CT molecular complexity index is 213. The summed E-state index contributed by atoms with van der Waals surface area (Å²) in [6, 6.07) is 0.436. The van der Waals surface area contributed by atoms with Crippen LogP contribution in [0.25, 0.3) is 0 Å². The van der Waals surface area contributed by atoms with Crippen LogP contribution in [-0.4, -0.2) is 49.2 Å². The number of carbonyl (C=O) groups is 1. The summed E-state index contributed by atoms with van der Waals surface area (Å²) < 4.78 is 5.24. The third-order valence-corrected chi connectivity index (χ3v) is 2.91. The minimum absolute atomic E-state index is 0.0141.